The molecule has 1 N–H and O–H groups in total. The number of pyridine rings is 1. The van der Waals surface area contributed by atoms with Crippen molar-refractivity contribution in [2.75, 3.05) is 0 Å². The largest absolute Gasteiger partial charge is 0.349 e. The first-order valence-electron chi connectivity index (χ1n) is 7.61. The Kier molecular flexibility index (Phi) is 4.58. The number of aryl methyl sites for hydroxylation is 3. The highest BCUT2D eigenvalue weighted by molar-refractivity contribution is 5.90. The van der Waals surface area contributed by atoms with Crippen LogP contribution >= 0.6 is 0 Å². The van der Waals surface area contributed by atoms with Crippen molar-refractivity contribution in [1.82, 2.24) is 4.98 Å². The molecule has 0 spiro atoms. The molecule has 1 aliphatic rings. The Labute approximate surface area is 141 Å². The molecular formula is C17H17ClN2O4. The number of aromatic nitrogens is 2. The van der Waals surface area contributed by atoms with Crippen molar-refractivity contribution in [3.05, 3.63) is 53.7 Å². The van der Waals surface area contributed by atoms with Gasteiger partial charge in [-0.1, -0.05) is 25.1 Å². The Bertz CT molecular complexity index is 865. The lowest BCUT2D eigenvalue weighted by Gasteiger charge is -2.17. The number of hydrogen-bond donors (Lipinski definition) is 1. The Balaban J connectivity index is 0.000000300. The molecule has 2 aromatic heterocycles. The van der Waals surface area contributed by atoms with Gasteiger partial charge in [0.15, 0.2) is 12.7 Å². The summed E-state index contributed by atoms with van der Waals surface area (Å²) in [6, 6.07) is 13.1. The predicted molar refractivity (Wildman–Crippen MR) is 77.0 cm³/mol. The van der Waals surface area contributed by atoms with E-state index in [1.54, 1.807) is 0 Å². The van der Waals surface area contributed by atoms with Crippen molar-refractivity contribution in [3.63, 3.8) is 0 Å². The van der Waals surface area contributed by atoms with E-state index < -0.39 is 10.2 Å². The number of benzene rings is 1. The van der Waals surface area contributed by atoms with Gasteiger partial charge in [-0.25, -0.2) is 18.6 Å². The van der Waals surface area contributed by atoms with Crippen LogP contribution in [0.15, 0.2) is 42.6 Å². The summed E-state index contributed by atoms with van der Waals surface area (Å²) in [7, 11) is -4.94. The molecule has 1 aromatic carbocycles. The van der Waals surface area contributed by atoms with Crippen LogP contribution in [0, 0.1) is 10.2 Å². The summed E-state index contributed by atoms with van der Waals surface area (Å²) < 4.78 is 36.4. The van der Waals surface area contributed by atoms with Gasteiger partial charge in [0.05, 0.1) is 0 Å². The van der Waals surface area contributed by atoms with Crippen molar-refractivity contribution in [1.29, 1.82) is 0 Å². The van der Waals surface area contributed by atoms with Crippen LogP contribution in [0.25, 0.3) is 22.3 Å². The maximum absolute atomic E-state index is 8.49. The molecule has 126 valence electrons. The SMILES string of the molecule is CCc1ccc2[n+](c1)CCc1c-2[nH]c2ccccc12.[O-][Cl+3]([O-])([O-])[O-]. The molecular weight excluding hydrogens is 332 g/mol. The number of hydrogen-bond acceptors (Lipinski definition) is 4. The lowest BCUT2D eigenvalue weighted by Crippen LogP contribution is -2.68. The highest BCUT2D eigenvalue weighted by Crippen LogP contribution is 2.31. The lowest BCUT2D eigenvalue weighted by atomic mass is 10.0. The Morgan fingerprint density at radius 3 is 2.50 bits per heavy atom. The molecule has 6 nitrogen and oxygen atoms in total. The minimum atomic E-state index is -4.94. The monoisotopic (exact) mass is 348 g/mol. The number of H-pyrrole nitrogens is 1. The fourth-order valence-electron chi connectivity index (χ4n) is 3.13. The van der Waals surface area contributed by atoms with Crippen molar-refractivity contribution in [2.24, 2.45) is 0 Å². The average Bonchev–Trinajstić information content (AvgIpc) is 2.91. The smallest absolute Gasteiger partial charge is 0.229 e. The lowest BCUT2D eigenvalue weighted by molar-refractivity contribution is -2.00. The Morgan fingerprint density at radius 1 is 1.08 bits per heavy atom. The number of para-hydroxylation sites is 1. The van der Waals surface area contributed by atoms with Crippen LogP contribution in [0.2, 0.25) is 0 Å². The van der Waals surface area contributed by atoms with Crippen molar-refractivity contribution in [3.8, 4) is 11.4 Å². The number of rotatable bonds is 1. The number of fused-ring (bicyclic) bond motifs is 5. The summed E-state index contributed by atoms with van der Waals surface area (Å²) in [5.74, 6) is 0. The van der Waals surface area contributed by atoms with Gasteiger partial charge in [-0.3, -0.25) is 0 Å². The number of halogens is 1. The molecule has 3 heterocycles. The summed E-state index contributed by atoms with van der Waals surface area (Å²) in [5.41, 5.74) is 6.74. The van der Waals surface area contributed by atoms with E-state index >= 15 is 0 Å². The fraction of sp³-hybridized carbons (Fsp3) is 0.235. The van der Waals surface area contributed by atoms with Crippen LogP contribution < -0.4 is 23.2 Å². The zero-order valence-corrected chi connectivity index (χ0v) is 13.9. The molecule has 0 radical (unpaired) electrons. The van der Waals surface area contributed by atoms with Crippen molar-refractivity contribution < 1.29 is 33.4 Å². The van der Waals surface area contributed by atoms with E-state index in [-0.39, 0.29) is 0 Å². The summed E-state index contributed by atoms with van der Waals surface area (Å²) in [5, 5.41) is 1.38. The van der Waals surface area contributed by atoms with E-state index in [4.69, 9.17) is 18.6 Å². The highest BCUT2D eigenvalue weighted by Gasteiger charge is 2.26. The topological polar surface area (TPSA) is 112 Å². The number of nitrogens with zero attached hydrogens (tertiary/aromatic N) is 1. The second-order valence-electron chi connectivity index (χ2n) is 5.62. The molecule has 0 bridgehead atoms. The van der Waals surface area contributed by atoms with Crippen LogP contribution in [0.1, 0.15) is 18.1 Å². The minimum absolute atomic E-state index is 1.08. The van der Waals surface area contributed by atoms with E-state index in [2.05, 4.69) is 59.1 Å². The summed E-state index contributed by atoms with van der Waals surface area (Å²) in [6.07, 6.45) is 4.51. The molecule has 0 aliphatic carbocycles. The second-order valence-corrected chi connectivity index (χ2v) is 6.38. The molecule has 0 fully saturated rings. The quantitative estimate of drug-likeness (QED) is 0.538. The van der Waals surface area contributed by atoms with E-state index in [1.807, 2.05) is 0 Å². The summed E-state index contributed by atoms with van der Waals surface area (Å²) in [4.78, 5) is 3.59. The zero-order valence-electron chi connectivity index (χ0n) is 13.1. The Morgan fingerprint density at radius 2 is 1.79 bits per heavy atom. The first kappa shape index (κ1) is 16.9. The first-order valence-corrected chi connectivity index (χ1v) is 8.84. The van der Waals surface area contributed by atoms with Gasteiger partial charge in [0, 0.05) is 29.0 Å². The van der Waals surface area contributed by atoms with Crippen molar-refractivity contribution in [2.45, 2.75) is 26.3 Å². The second kappa shape index (κ2) is 6.51. The van der Waals surface area contributed by atoms with Gasteiger partial charge in [-0.2, -0.15) is 4.57 Å². The van der Waals surface area contributed by atoms with Crippen LogP contribution in [0.4, 0.5) is 0 Å². The molecule has 0 atom stereocenters. The third kappa shape index (κ3) is 3.58. The van der Waals surface area contributed by atoms with Crippen LogP contribution in [0.5, 0.6) is 0 Å². The molecule has 0 saturated heterocycles. The van der Waals surface area contributed by atoms with Gasteiger partial charge in [0.25, 0.3) is 0 Å². The molecule has 0 unspecified atom stereocenters. The standard InChI is InChI=1S/C17H16N2.ClHO4/c1-2-12-7-8-16-17-14(9-10-19(16)11-12)13-5-3-4-6-15(13)18-17;2-1(3,4)5/h3-8,11H,2,9-10H2,1H3;(H,2,3,4,5). The molecule has 24 heavy (non-hydrogen) atoms. The average molecular weight is 349 g/mol. The third-order valence-corrected chi connectivity index (χ3v) is 4.17. The third-order valence-electron chi connectivity index (χ3n) is 4.17. The van der Waals surface area contributed by atoms with Gasteiger partial charge >= 0.3 is 0 Å². The van der Waals surface area contributed by atoms with Crippen LogP contribution in [-0.4, -0.2) is 4.98 Å². The molecule has 7 heteroatoms. The highest BCUT2D eigenvalue weighted by atomic mass is 35.7. The maximum Gasteiger partial charge on any atom is 0.229 e. The number of aromatic amines is 1. The van der Waals surface area contributed by atoms with E-state index in [1.165, 1.54) is 33.4 Å². The van der Waals surface area contributed by atoms with E-state index in [0.29, 0.717) is 0 Å². The fourth-order valence-corrected chi connectivity index (χ4v) is 3.13. The maximum atomic E-state index is 8.49. The van der Waals surface area contributed by atoms with E-state index in [9.17, 15) is 0 Å². The molecule has 0 saturated carbocycles. The van der Waals surface area contributed by atoms with Gasteiger partial charge in [0.1, 0.15) is 5.69 Å². The number of nitrogens with one attached hydrogen (secondary N) is 1. The molecule has 4 rings (SSSR count). The van der Waals surface area contributed by atoms with Crippen LogP contribution in [0.3, 0.4) is 0 Å². The zero-order chi connectivity index (χ0) is 17.3. The van der Waals surface area contributed by atoms with Crippen LogP contribution in [-0.2, 0) is 19.4 Å². The summed E-state index contributed by atoms with van der Waals surface area (Å²) >= 11 is 0. The predicted octanol–water partition coefficient (Wildman–Crippen LogP) is -1.52. The van der Waals surface area contributed by atoms with Gasteiger partial charge in [-0.15, -0.1) is 10.2 Å². The minimum Gasteiger partial charge on any atom is -0.349 e. The molecule has 3 aromatic rings. The van der Waals surface area contributed by atoms with Gasteiger partial charge in [-0.05, 0) is 24.1 Å². The normalized spacial score (nSPS) is 13.0. The first-order chi connectivity index (χ1) is 11.4. The van der Waals surface area contributed by atoms with Crippen molar-refractivity contribution >= 4 is 10.9 Å². The van der Waals surface area contributed by atoms with Gasteiger partial charge < -0.3 is 4.98 Å². The van der Waals surface area contributed by atoms with Gasteiger partial charge in [0.2, 0.25) is 5.69 Å². The summed E-state index contributed by atoms with van der Waals surface area (Å²) in [6.45, 7) is 3.29. The molecule has 0 amide bonds. The Hall–Kier alpha value is -1.96. The van der Waals surface area contributed by atoms with E-state index in [0.717, 1.165) is 19.4 Å². The molecule has 1 aliphatic heterocycles.